The summed E-state index contributed by atoms with van der Waals surface area (Å²) in [6.45, 7) is 6.25. The minimum Gasteiger partial charge on any atom is -0.464 e. The monoisotopic (exact) mass is 230 g/mol. The number of carbonyl (C=O) groups excluding carboxylic acids is 1. The normalized spacial score (nSPS) is 29.5. The van der Waals surface area contributed by atoms with Crippen LogP contribution in [0, 0.1) is 5.92 Å². The summed E-state index contributed by atoms with van der Waals surface area (Å²) in [6.07, 6.45) is 2.50. The Balaban J connectivity index is 2.63. The molecule has 4 nitrogen and oxygen atoms in total. The molecule has 0 radical (unpaired) electrons. The Bertz CT molecular complexity index is 237. The van der Waals surface area contributed by atoms with Crippen molar-refractivity contribution in [3.05, 3.63) is 0 Å². The number of rotatable bonds is 4. The topological polar surface area (TPSA) is 55.8 Å². The van der Waals surface area contributed by atoms with Crippen LogP contribution in [0.4, 0.5) is 0 Å². The number of esters is 1. The van der Waals surface area contributed by atoms with Crippen LogP contribution < -0.4 is 0 Å². The van der Waals surface area contributed by atoms with Gasteiger partial charge in [-0.15, -0.1) is 0 Å². The van der Waals surface area contributed by atoms with Crippen molar-refractivity contribution in [1.82, 2.24) is 0 Å². The average molecular weight is 230 g/mol. The third kappa shape index (κ3) is 2.95. The molecule has 1 aliphatic rings. The molecule has 0 aromatic heterocycles. The number of carbonyl (C=O) groups is 1. The minimum absolute atomic E-state index is 0.0646. The van der Waals surface area contributed by atoms with Gasteiger partial charge in [0.15, 0.2) is 5.60 Å². The lowest BCUT2D eigenvalue weighted by atomic mass is 9.80. The van der Waals surface area contributed by atoms with Gasteiger partial charge in [-0.3, -0.25) is 0 Å². The molecule has 3 atom stereocenters. The van der Waals surface area contributed by atoms with E-state index in [1.54, 1.807) is 13.8 Å². The third-order valence-electron chi connectivity index (χ3n) is 3.31. The van der Waals surface area contributed by atoms with Crippen molar-refractivity contribution in [2.24, 2.45) is 5.92 Å². The van der Waals surface area contributed by atoms with Gasteiger partial charge in [0.2, 0.25) is 0 Å². The van der Waals surface area contributed by atoms with Gasteiger partial charge >= 0.3 is 5.97 Å². The van der Waals surface area contributed by atoms with E-state index in [0.29, 0.717) is 19.6 Å². The molecule has 0 aromatic rings. The number of hydrogen-bond donors (Lipinski definition) is 1. The minimum atomic E-state index is -1.38. The summed E-state index contributed by atoms with van der Waals surface area (Å²) in [6, 6.07) is 0. The molecule has 1 fully saturated rings. The highest BCUT2D eigenvalue weighted by molar-refractivity contribution is 5.79. The zero-order valence-electron chi connectivity index (χ0n) is 10.4. The molecule has 4 heteroatoms. The summed E-state index contributed by atoms with van der Waals surface area (Å²) in [5, 5.41) is 10.2. The predicted octanol–water partition coefficient (Wildman–Crippen LogP) is 1.51. The van der Waals surface area contributed by atoms with E-state index in [9.17, 15) is 9.90 Å². The van der Waals surface area contributed by atoms with Crippen molar-refractivity contribution in [3.63, 3.8) is 0 Å². The van der Waals surface area contributed by atoms with Crippen LogP contribution in [0.5, 0.6) is 0 Å². The maximum atomic E-state index is 11.6. The second-order valence-corrected chi connectivity index (χ2v) is 4.49. The van der Waals surface area contributed by atoms with Crippen LogP contribution in [-0.4, -0.2) is 36.0 Å². The molecule has 1 rings (SSSR count). The molecule has 16 heavy (non-hydrogen) atoms. The maximum absolute atomic E-state index is 11.6. The number of hydrogen-bond acceptors (Lipinski definition) is 4. The molecule has 94 valence electrons. The first-order chi connectivity index (χ1) is 7.52. The van der Waals surface area contributed by atoms with Crippen LogP contribution in [0.25, 0.3) is 0 Å². The predicted molar refractivity (Wildman–Crippen MR) is 60.0 cm³/mol. The van der Waals surface area contributed by atoms with E-state index in [1.807, 2.05) is 6.92 Å². The standard InChI is InChI=1S/C12H22O4/c1-4-10-8-9(6-7-16-10)12(3,14)11(13)15-5-2/h9-10,14H,4-8H2,1-3H3. The summed E-state index contributed by atoms with van der Waals surface area (Å²) in [5.74, 6) is -0.581. The fourth-order valence-corrected chi connectivity index (χ4v) is 2.12. The van der Waals surface area contributed by atoms with Crippen LogP contribution in [0.1, 0.15) is 40.0 Å². The SMILES string of the molecule is CCOC(=O)C(C)(O)C1CCOC(CC)C1. The van der Waals surface area contributed by atoms with Gasteiger partial charge in [-0.1, -0.05) is 6.92 Å². The first kappa shape index (κ1) is 13.5. The van der Waals surface area contributed by atoms with Crippen LogP contribution >= 0.6 is 0 Å². The smallest absolute Gasteiger partial charge is 0.338 e. The van der Waals surface area contributed by atoms with Gasteiger partial charge in [0, 0.05) is 12.5 Å². The van der Waals surface area contributed by atoms with Gasteiger partial charge in [-0.05, 0) is 33.1 Å². The largest absolute Gasteiger partial charge is 0.464 e. The number of aliphatic hydroxyl groups is 1. The summed E-state index contributed by atoms with van der Waals surface area (Å²) < 4.78 is 10.4. The molecule has 0 spiro atoms. The van der Waals surface area contributed by atoms with Crippen LogP contribution in [0.2, 0.25) is 0 Å². The van der Waals surface area contributed by atoms with Crippen molar-refractivity contribution in [1.29, 1.82) is 0 Å². The van der Waals surface area contributed by atoms with Gasteiger partial charge in [-0.25, -0.2) is 4.79 Å². The molecule has 1 N–H and O–H groups in total. The second kappa shape index (κ2) is 5.64. The van der Waals surface area contributed by atoms with Crippen LogP contribution in [0.15, 0.2) is 0 Å². The van der Waals surface area contributed by atoms with E-state index in [4.69, 9.17) is 9.47 Å². The first-order valence-electron chi connectivity index (χ1n) is 6.03. The highest BCUT2D eigenvalue weighted by Crippen LogP contribution is 2.32. The van der Waals surface area contributed by atoms with Gasteiger partial charge in [-0.2, -0.15) is 0 Å². The highest BCUT2D eigenvalue weighted by Gasteiger charge is 2.42. The summed E-state index contributed by atoms with van der Waals surface area (Å²) in [5.41, 5.74) is -1.38. The fraction of sp³-hybridized carbons (Fsp3) is 0.917. The van der Waals surface area contributed by atoms with Crippen molar-refractivity contribution in [2.45, 2.75) is 51.7 Å². The molecular formula is C12H22O4. The number of ether oxygens (including phenoxy) is 2. The lowest BCUT2D eigenvalue weighted by Gasteiger charge is -2.36. The van der Waals surface area contributed by atoms with Crippen LogP contribution in [-0.2, 0) is 14.3 Å². The molecular weight excluding hydrogens is 208 g/mol. The zero-order valence-corrected chi connectivity index (χ0v) is 10.4. The second-order valence-electron chi connectivity index (χ2n) is 4.49. The quantitative estimate of drug-likeness (QED) is 0.744. The Kier molecular flexibility index (Phi) is 4.74. The summed E-state index contributed by atoms with van der Waals surface area (Å²) >= 11 is 0. The Hall–Kier alpha value is -0.610. The molecule has 3 unspecified atom stereocenters. The van der Waals surface area contributed by atoms with Gasteiger partial charge in [0.1, 0.15) is 0 Å². The summed E-state index contributed by atoms with van der Waals surface area (Å²) in [4.78, 5) is 11.6. The maximum Gasteiger partial charge on any atom is 0.338 e. The van der Waals surface area contributed by atoms with E-state index in [-0.39, 0.29) is 12.0 Å². The molecule has 0 aromatic carbocycles. The van der Waals surface area contributed by atoms with Crippen molar-refractivity contribution in [3.8, 4) is 0 Å². The molecule has 1 aliphatic heterocycles. The lowest BCUT2D eigenvalue weighted by molar-refractivity contribution is -0.175. The molecule has 0 bridgehead atoms. The van der Waals surface area contributed by atoms with E-state index in [2.05, 4.69) is 0 Å². The molecule has 0 amide bonds. The Morgan fingerprint density at radius 2 is 2.25 bits per heavy atom. The summed E-state index contributed by atoms with van der Waals surface area (Å²) in [7, 11) is 0. The van der Waals surface area contributed by atoms with E-state index in [0.717, 1.165) is 12.8 Å². The molecule has 1 heterocycles. The van der Waals surface area contributed by atoms with E-state index < -0.39 is 11.6 Å². The van der Waals surface area contributed by atoms with Gasteiger partial charge in [0.25, 0.3) is 0 Å². The Labute approximate surface area is 96.9 Å². The molecule has 1 saturated heterocycles. The Morgan fingerprint density at radius 1 is 1.56 bits per heavy atom. The van der Waals surface area contributed by atoms with Crippen molar-refractivity contribution < 1.29 is 19.4 Å². The molecule has 0 saturated carbocycles. The van der Waals surface area contributed by atoms with E-state index >= 15 is 0 Å². The first-order valence-corrected chi connectivity index (χ1v) is 6.03. The lowest BCUT2D eigenvalue weighted by Crippen LogP contribution is -2.47. The van der Waals surface area contributed by atoms with Gasteiger partial charge in [0.05, 0.1) is 12.7 Å². The zero-order chi connectivity index (χ0) is 12.2. The van der Waals surface area contributed by atoms with E-state index in [1.165, 1.54) is 0 Å². The van der Waals surface area contributed by atoms with Crippen LogP contribution in [0.3, 0.4) is 0 Å². The average Bonchev–Trinajstić information content (AvgIpc) is 2.29. The van der Waals surface area contributed by atoms with Crippen molar-refractivity contribution in [2.75, 3.05) is 13.2 Å². The molecule has 0 aliphatic carbocycles. The fourth-order valence-electron chi connectivity index (χ4n) is 2.12. The third-order valence-corrected chi connectivity index (χ3v) is 3.31. The Morgan fingerprint density at radius 3 is 2.81 bits per heavy atom. The van der Waals surface area contributed by atoms with Crippen molar-refractivity contribution >= 4 is 5.97 Å². The van der Waals surface area contributed by atoms with Gasteiger partial charge < -0.3 is 14.6 Å². The highest BCUT2D eigenvalue weighted by atomic mass is 16.5.